The highest BCUT2D eigenvalue weighted by molar-refractivity contribution is 9.10. The molecule has 0 bridgehead atoms. The number of H-pyrrole nitrogens is 1. The number of ether oxygens (including phenoxy) is 1. The Balaban J connectivity index is 2.45. The second kappa shape index (κ2) is 5.35. The molecule has 18 heavy (non-hydrogen) atoms. The molecular weight excluding hydrogens is 296 g/mol. The molecule has 5 heteroatoms. The van der Waals surface area contributed by atoms with Crippen molar-refractivity contribution in [3.8, 4) is 17.0 Å². The molecule has 0 aliphatic carbocycles. The number of aromatic amines is 1. The highest BCUT2D eigenvalue weighted by atomic mass is 79.9. The summed E-state index contributed by atoms with van der Waals surface area (Å²) >= 11 is 3.43. The first-order valence-corrected chi connectivity index (χ1v) is 6.35. The van der Waals surface area contributed by atoms with Crippen LogP contribution in [-0.4, -0.2) is 22.6 Å². The van der Waals surface area contributed by atoms with Crippen LogP contribution in [0.25, 0.3) is 11.3 Å². The molecule has 0 saturated carbocycles. The molecule has 94 valence electrons. The van der Waals surface area contributed by atoms with Crippen molar-refractivity contribution in [1.29, 1.82) is 0 Å². The third kappa shape index (κ3) is 2.79. The van der Waals surface area contributed by atoms with E-state index in [0.717, 1.165) is 22.1 Å². The Bertz CT molecular complexity index is 564. The Kier molecular flexibility index (Phi) is 3.81. The summed E-state index contributed by atoms with van der Waals surface area (Å²) in [6, 6.07) is 5.68. The molecule has 0 radical (unpaired) electrons. The highest BCUT2D eigenvalue weighted by Gasteiger charge is 2.10. The lowest BCUT2D eigenvalue weighted by Crippen LogP contribution is -2.05. The zero-order valence-electron chi connectivity index (χ0n) is 10.1. The molecule has 0 aliphatic rings. The molecule has 4 nitrogen and oxygen atoms in total. The first-order valence-electron chi connectivity index (χ1n) is 5.56. The largest absolute Gasteiger partial charge is 0.491 e. The van der Waals surface area contributed by atoms with Crippen LogP contribution in [0.2, 0.25) is 0 Å². The standard InChI is InChI=1S/C13H13BrN2O2/c1-8(2)18-12-4-9(3-11(14)5-12)13-10(7-17)6-15-16-13/h3-8H,1-2H3,(H,15,16). The number of aromatic nitrogens is 2. The number of hydrogen-bond acceptors (Lipinski definition) is 3. The first kappa shape index (κ1) is 12.8. The van der Waals surface area contributed by atoms with Gasteiger partial charge in [0.1, 0.15) is 5.75 Å². The lowest BCUT2D eigenvalue weighted by molar-refractivity contribution is 0.112. The number of halogens is 1. The fraction of sp³-hybridized carbons (Fsp3) is 0.231. The van der Waals surface area contributed by atoms with E-state index in [2.05, 4.69) is 26.1 Å². The molecule has 0 amide bonds. The Labute approximate surface area is 113 Å². The van der Waals surface area contributed by atoms with Gasteiger partial charge < -0.3 is 4.74 Å². The molecule has 1 N–H and O–H groups in total. The van der Waals surface area contributed by atoms with Gasteiger partial charge in [0, 0.05) is 10.0 Å². The van der Waals surface area contributed by atoms with Gasteiger partial charge in [0.15, 0.2) is 6.29 Å². The van der Waals surface area contributed by atoms with E-state index in [1.54, 1.807) is 0 Å². The lowest BCUT2D eigenvalue weighted by atomic mass is 10.1. The van der Waals surface area contributed by atoms with Crippen molar-refractivity contribution >= 4 is 22.2 Å². The molecule has 2 rings (SSSR count). The second-order valence-electron chi connectivity index (χ2n) is 4.16. The number of aldehydes is 1. The first-order chi connectivity index (χ1) is 8.60. The minimum Gasteiger partial charge on any atom is -0.491 e. The van der Waals surface area contributed by atoms with Gasteiger partial charge in [0.05, 0.1) is 23.6 Å². The normalized spacial score (nSPS) is 10.7. The lowest BCUT2D eigenvalue weighted by Gasteiger charge is -2.11. The van der Waals surface area contributed by atoms with Crippen molar-refractivity contribution in [2.24, 2.45) is 0 Å². The summed E-state index contributed by atoms with van der Waals surface area (Å²) in [6.45, 7) is 3.93. The van der Waals surface area contributed by atoms with Gasteiger partial charge in [-0.25, -0.2) is 0 Å². The number of benzene rings is 1. The van der Waals surface area contributed by atoms with Crippen LogP contribution in [0.1, 0.15) is 24.2 Å². The van der Waals surface area contributed by atoms with E-state index in [0.29, 0.717) is 11.3 Å². The average molecular weight is 309 g/mol. The number of nitrogens with zero attached hydrogens (tertiary/aromatic N) is 1. The van der Waals surface area contributed by atoms with Gasteiger partial charge in [-0.2, -0.15) is 5.10 Å². The van der Waals surface area contributed by atoms with Crippen LogP contribution in [0, 0.1) is 0 Å². The van der Waals surface area contributed by atoms with E-state index in [1.807, 2.05) is 32.0 Å². The number of carbonyl (C=O) groups is 1. The summed E-state index contributed by atoms with van der Waals surface area (Å²) in [4.78, 5) is 10.9. The minimum absolute atomic E-state index is 0.0967. The Morgan fingerprint density at radius 1 is 1.39 bits per heavy atom. The van der Waals surface area contributed by atoms with E-state index in [9.17, 15) is 4.79 Å². The van der Waals surface area contributed by atoms with Crippen LogP contribution in [0.3, 0.4) is 0 Å². The monoisotopic (exact) mass is 308 g/mol. The molecule has 1 heterocycles. The molecular formula is C13H13BrN2O2. The fourth-order valence-corrected chi connectivity index (χ4v) is 2.14. The van der Waals surface area contributed by atoms with E-state index in [4.69, 9.17) is 4.74 Å². The van der Waals surface area contributed by atoms with Gasteiger partial charge in [-0.3, -0.25) is 9.89 Å². The molecule has 1 aromatic heterocycles. The summed E-state index contributed by atoms with van der Waals surface area (Å²) in [5.74, 6) is 0.751. The molecule has 1 aromatic carbocycles. The molecule has 0 atom stereocenters. The summed E-state index contributed by atoms with van der Waals surface area (Å²) < 4.78 is 6.55. The van der Waals surface area contributed by atoms with E-state index >= 15 is 0 Å². The smallest absolute Gasteiger partial charge is 0.153 e. The van der Waals surface area contributed by atoms with E-state index in [1.165, 1.54) is 6.20 Å². The molecule has 0 aliphatic heterocycles. The maximum Gasteiger partial charge on any atom is 0.153 e. The SMILES string of the molecule is CC(C)Oc1cc(Br)cc(-c2[nH]ncc2C=O)c1. The number of nitrogens with one attached hydrogen (secondary N) is 1. The van der Waals surface area contributed by atoms with Gasteiger partial charge in [-0.15, -0.1) is 0 Å². The second-order valence-corrected chi connectivity index (χ2v) is 5.08. The zero-order valence-corrected chi connectivity index (χ0v) is 11.7. The van der Waals surface area contributed by atoms with Crippen LogP contribution < -0.4 is 4.74 Å². The maximum atomic E-state index is 10.9. The summed E-state index contributed by atoms with van der Waals surface area (Å²) in [5.41, 5.74) is 2.09. The number of hydrogen-bond donors (Lipinski definition) is 1. The molecule has 0 fully saturated rings. The van der Waals surface area contributed by atoms with Crippen molar-refractivity contribution in [2.45, 2.75) is 20.0 Å². The van der Waals surface area contributed by atoms with Gasteiger partial charge in [-0.1, -0.05) is 15.9 Å². The molecule has 0 unspecified atom stereocenters. The predicted molar refractivity (Wildman–Crippen MR) is 72.9 cm³/mol. The number of rotatable bonds is 4. The van der Waals surface area contributed by atoms with Crippen molar-refractivity contribution < 1.29 is 9.53 Å². The maximum absolute atomic E-state index is 10.9. The summed E-state index contributed by atoms with van der Waals surface area (Å²) in [5, 5.41) is 6.70. The van der Waals surface area contributed by atoms with Gasteiger partial charge in [-0.05, 0) is 32.0 Å². The fourth-order valence-electron chi connectivity index (χ4n) is 1.66. The van der Waals surface area contributed by atoms with Crippen LogP contribution in [0.4, 0.5) is 0 Å². The van der Waals surface area contributed by atoms with Crippen molar-refractivity contribution in [3.63, 3.8) is 0 Å². The van der Waals surface area contributed by atoms with Crippen molar-refractivity contribution in [3.05, 3.63) is 34.4 Å². The van der Waals surface area contributed by atoms with Gasteiger partial charge >= 0.3 is 0 Å². The predicted octanol–water partition coefficient (Wildman–Crippen LogP) is 3.44. The molecule has 2 aromatic rings. The number of carbonyl (C=O) groups excluding carboxylic acids is 1. The van der Waals surface area contributed by atoms with E-state index in [-0.39, 0.29) is 6.10 Å². The van der Waals surface area contributed by atoms with Crippen molar-refractivity contribution in [1.82, 2.24) is 10.2 Å². The van der Waals surface area contributed by atoms with Crippen LogP contribution >= 0.6 is 15.9 Å². The third-order valence-corrected chi connectivity index (χ3v) is 2.79. The van der Waals surface area contributed by atoms with Crippen LogP contribution in [-0.2, 0) is 0 Å². The van der Waals surface area contributed by atoms with Crippen molar-refractivity contribution in [2.75, 3.05) is 0 Å². The Morgan fingerprint density at radius 3 is 2.83 bits per heavy atom. The summed E-state index contributed by atoms with van der Waals surface area (Å²) in [6.07, 6.45) is 2.38. The Hall–Kier alpha value is -1.62. The third-order valence-electron chi connectivity index (χ3n) is 2.33. The Morgan fingerprint density at radius 2 is 2.17 bits per heavy atom. The van der Waals surface area contributed by atoms with Crippen LogP contribution in [0.5, 0.6) is 5.75 Å². The quantitative estimate of drug-likeness (QED) is 0.880. The molecule has 0 saturated heterocycles. The summed E-state index contributed by atoms with van der Waals surface area (Å²) in [7, 11) is 0. The molecule has 0 spiro atoms. The zero-order chi connectivity index (χ0) is 13.1. The van der Waals surface area contributed by atoms with Gasteiger partial charge in [0.25, 0.3) is 0 Å². The minimum atomic E-state index is 0.0967. The highest BCUT2D eigenvalue weighted by Crippen LogP contribution is 2.29. The topological polar surface area (TPSA) is 55.0 Å². The van der Waals surface area contributed by atoms with Crippen LogP contribution in [0.15, 0.2) is 28.9 Å². The van der Waals surface area contributed by atoms with Gasteiger partial charge in [0.2, 0.25) is 0 Å². The average Bonchev–Trinajstić information content (AvgIpc) is 2.75. The van der Waals surface area contributed by atoms with E-state index < -0.39 is 0 Å².